The topological polar surface area (TPSA) is 9.23 Å². The van der Waals surface area contributed by atoms with Crippen molar-refractivity contribution in [1.29, 1.82) is 0 Å². The lowest BCUT2D eigenvalue weighted by molar-refractivity contribution is -1.07. The average molecular weight is 116 g/mol. The van der Waals surface area contributed by atoms with E-state index in [-0.39, 0.29) is 0 Å². The highest BCUT2D eigenvalue weighted by molar-refractivity contribution is 4.37. The normalized spacial score (nSPS) is 38.2. The Kier molecular flexibility index (Phi) is 1.54. The fourth-order valence-corrected chi connectivity index (χ4v) is 0.998. The molecule has 0 saturated carbocycles. The van der Waals surface area contributed by atoms with Crippen LogP contribution in [-0.4, -0.2) is 31.4 Å². The second kappa shape index (κ2) is 2.03. The Labute approximate surface area is 50.6 Å². The van der Waals surface area contributed by atoms with Gasteiger partial charge in [0.25, 0.3) is 0 Å². The van der Waals surface area contributed by atoms with Crippen molar-refractivity contribution in [3.63, 3.8) is 0 Å². The fourth-order valence-electron chi connectivity index (χ4n) is 0.998. The maximum absolute atomic E-state index is 5.43. The van der Waals surface area contributed by atoms with Crippen LogP contribution >= 0.6 is 0 Å². The van der Waals surface area contributed by atoms with E-state index in [2.05, 4.69) is 14.0 Å². The maximum Gasteiger partial charge on any atom is 0.112 e. The third-order valence-electron chi connectivity index (χ3n) is 1.85. The monoisotopic (exact) mass is 116 g/mol. The molecular formula is C6H14NO+. The van der Waals surface area contributed by atoms with Gasteiger partial charge in [-0.25, -0.2) is 4.84 Å². The molecule has 1 unspecified atom stereocenters. The molecule has 0 N–H and O–H groups in total. The van der Waals surface area contributed by atoms with Gasteiger partial charge in [0.1, 0.15) is 19.7 Å². The SMILES string of the molecule is CC[N+]1(C)CCCO1. The summed E-state index contributed by atoms with van der Waals surface area (Å²) in [5.41, 5.74) is 0. The Morgan fingerprint density at radius 3 is 2.62 bits per heavy atom. The molecule has 0 amide bonds. The number of hydrogen-bond donors (Lipinski definition) is 0. The molecule has 1 saturated heterocycles. The first-order valence-corrected chi connectivity index (χ1v) is 3.26. The van der Waals surface area contributed by atoms with Gasteiger partial charge in [-0.15, -0.1) is 0 Å². The van der Waals surface area contributed by atoms with Crippen molar-refractivity contribution < 1.29 is 9.48 Å². The number of quaternary nitrogens is 1. The predicted octanol–water partition coefficient (Wildman–Crippen LogP) is 0.788. The third kappa shape index (κ3) is 1.01. The van der Waals surface area contributed by atoms with Crippen molar-refractivity contribution in [3.05, 3.63) is 0 Å². The summed E-state index contributed by atoms with van der Waals surface area (Å²) in [6.45, 7) is 5.40. The molecule has 1 atom stereocenters. The van der Waals surface area contributed by atoms with Gasteiger partial charge in [-0.3, -0.25) is 0 Å². The summed E-state index contributed by atoms with van der Waals surface area (Å²) in [6, 6.07) is 0. The van der Waals surface area contributed by atoms with E-state index in [1.54, 1.807) is 0 Å². The molecule has 1 fully saturated rings. The lowest BCUT2D eigenvalue weighted by atomic mass is 10.4. The van der Waals surface area contributed by atoms with Crippen LogP contribution in [0.4, 0.5) is 0 Å². The van der Waals surface area contributed by atoms with Crippen molar-refractivity contribution in [2.75, 3.05) is 26.7 Å². The zero-order valence-electron chi connectivity index (χ0n) is 5.68. The van der Waals surface area contributed by atoms with Crippen LogP contribution in [0.5, 0.6) is 0 Å². The first-order chi connectivity index (χ1) is 3.77. The van der Waals surface area contributed by atoms with E-state index < -0.39 is 0 Å². The van der Waals surface area contributed by atoms with Gasteiger partial charge in [-0.05, 0) is 6.92 Å². The van der Waals surface area contributed by atoms with Gasteiger partial charge >= 0.3 is 0 Å². The van der Waals surface area contributed by atoms with Crippen LogP contribution < -0.4 is 0 Å². The summed E-state index contributed by atoms with van der Waals surface area (Å²) in [5, 5.41) is 0. The molecule has 0 spiro atoms. The van der Waals surface area contributed by atoms with E-state index in [0.29, 0.717) is 0 Å². The Balaban J connectivity index is 2.40. The molecule has 0 aromatic carbocycles. The minimum absolute atomic E-state index is 0.819. The minimum Gasteiger partial charge on any atom is -0.203 e. The van der Waals surface area contributed by atoms with Gasteiger partial charge < -0.3 is 0 Å². The van der Waals surface area contributed by atoms with E-state index in [1.165, 1.54) is 13.0 Å². The number of nitrogens with zero attached hydrogens (tertiary/aromatic N) is 1. The van der Waals surface area contributed by atoms with Crippen molar-refractivity contribution >= 4 is 0 Å². The number of hydrogen-bond acceptors (Lipinski definition) is 1. The van der Waals surface area contributed by atoms with E-state index in [0.717, 1.165) is 17.8 Å². The highest BCUT2D eigenvalue weighted by Crippen LogP contribution is 2.12. The molecule has 0 aromatic rings. The highest BCUT2D eigenvalue weighted by atomic mass is 16.7. The Morgan fingerprint density at radius 1 is 1.62 bits per heavy atom. The summed E-state index contributed by atoms with van der Waals surface area (Å²) in [6.07, 6.45) is 1.23. The van der Waals surface area contributed by atoms with Gasteiger partial charge in [0, 0.05) is 6.42 Å². The second-order valence-electron chi connectivity index (χ2n) is 2.52. The molecule has 48 valence electrons. The van der Waals surface area contributed by atoms with Gasteiger partial charge in [0.15, 0.2) is 0 Å². The lowest BCUT2D eigenvalue weighted by Gasteiger charge is -2.22. The van der Waals surface area contributed by atoms with Crippen LogP contribution in [0.1, 0.15) is 13.3 Å². The van der Waals surface area contributed by atoms with Crippen molar-refractivity contribution in [1.82, 2.24) is 0 Å². The van der Waals surface area contributed by atoms with Crippen LogP contribution in [0.3, 0.4) is 0 Å². The largest absolute Gasteiger partial charge is 0.203 e. The van der Waals surface area contributed by atoms with E-state index in [4.69, 9.17) is 4.84 Å². The van der Waals surface area contributed by atoms with Crippen LogP contribution in [-0.2, 0) is 4.84 Å². The van der Waals surface area contributed by atoms with Crippen LogP contribution in [0.2, 0.25) is 0 Å². The van der Waals surface area contributed by atoms with E-state index in [1.807, 2.05) is 0 Å². The van der Waals surface area contributed by atoms with Gasteiger partial charge in [-0.2, -0.15) is 4.65 Å². The minimum atomic E-state index is 0.819. The Hall–Kier alpha value is -0.0800. The second-order valence-corrected chi connectivity index (χ2v) is 2.52. The van der Waals surface area contributed by atoms with Crippen molar-refractivity contribution in [3.8, 4) is 0 Å². The molecule has 0 aromatic heterocycles. The average Bonchev–Trinajstić information content (AvgIpc) is 2.17. The molecule has 8 heavy (non-hydrogen) atoms. The van der Waals surface area contributed by atoms with Crippen LogP contribution in [0.15, 0.2) is 0 Å². The van der Waals surface area contributed by atoms with Crippen LogP contribution in [0.25, 0.3) is 0 Å². The molecular weight excluding hydrogens is 102 g/mol. The standard InChI is InChI=1S/C6H14NO/c1-3-7(2)5-4-6-8-7/h3-6H2,1-2H3/q+1. The Bertz CT molecular complexity index is 76.6. The number of rotatable bonds is 1. The molecule has 1 heterocycles. The smallest absolute Gasteiger partial charge is 0.112 e. The zero-order chi connectivity index (χ0) is 6.04. The molecule has 1 aliphatic rings. The molecule has 2 nitrogen and oxygen atoms in total. The quantitative estimate of drug-likeness (QED) is 0.460. The van der Waals surface area contributed by atoms with Crippen LogP contribution in [0, 0.1) is 0 Å². The summed E-state index contributed by atoms with van der Waals surface area (Å²) in [4.78, 5) is 5.43. The molecule has 0 aliphatic carbocycles. The van der Waals surface area contributed by atoms with Gasteiger partial charge in [-0.1, -0.05) is 0 Å². The summed E-state index contributed by atoms with van der Waals surface area (Å²) < 4.78 is 0.819. The first kappa shape index (κ1) is 6.05. The number of hydroxylamine groups is 3. The fraction of sp³-hybridized carbons (Fsp3) is 1.00. The zero-order valence-corrected chi connectivity index (χ0v) is 5.68. The van der Waals surface area contributed by atoms with Gasteiger partial charge in [0.05, 0.1) is 7.05 Å². The molecule has 0 radical (unpaired) electrons. The summed E-state index contributed by atoms with van der Waals surface area (Å²) in [7, 11) is 2.13. The third-order valence-corrected chi connectivity index (χ3v) is 1.85. The molecule has 1 aliphatic heterocycles. The maximum atomic E-state index is 5.43. The van der Waals surface area contributed by atoms with Crippen molar-refractivity contribution in [2.45, 2.75) is 13.3 Å². The van der Waals surface area contributed by atoms with E-state index in [9.17, 15) is 0 Å². The van der Waals surface area contributed by atoms with Crippen molar-refractivity contribution in [2.24, 2.45) is 0 Å². The predicted molar refractivity (Wildman–Crippen MR) is 32.2 cm³/mol. The van der Waals surface area contributed by atoms with E-state index >= 15 is 0 Å². The summed E-state index contributed by atoms with van der Waals surface area (Å²) >= 11 is 0. The highest BCUT2D eigenvalue weighted by Gasteiger charge is 2.26. The molecule has 1 rings (SSSR count). The molecule has 0 bridgehead atoms. The lowest BCUT2D eigenvalue weighted by Crippen LogP contribution is -2.38. The summed E-state index contributed by atoms with van der Waals surface area (Å²) in [5.74, 6) is 0. The first-order valence-electron chi connectivity index (χ1n) is 3.26. The van der Waals surface area contributed by atoms with Gasteiger partial charge in [0.2, 0.25) is 0 Å². The Morgan fingerprint density at radius 2 is 2.38 bits per heavy atom. The molecule has 2 heteroatoms.